The Balaban J connectivity index is 1.98. The van der Waals surface area contributed by atoms with E-state index in [0.29, 0.717) is 12.0 Å². The van der Waals surface area contributed by atoms with Crippen molar-refractivity contribution >= 4 is 0 Å². The third-order valence-corrected chi connectivity index (χ3v) is 3.76. The molecule has 1 N–H and O–H groups in total. The molecule has 0 radical (unpaired) electrons. The van der Waals surface area contributed by atoms with E-state index in [-0.39, 0.29) is 5.41 Å². The van der Waals surface area contributed by atoms with Gasteiger partial charge in [-0.2, -0.15) is 4.98 Å². The highest BCUT2D eigenvalue weighted by atomic mass is 16.5. The van der Waals surface area contributed by atoms with E-state index in [1.807, 2.05) is 0 Å². The van der Waals surface area contributed by atoms with Gasteiger partial charge < -0.3 is 9.84 Å². The summed E-state index contributed by atoms with van der Waals surface area (Å²) in [5.41, 5.74) is -0.0579. The van der Waals surface area contributed by atoms with E-state index in [4.69, 9.17) is 4.52 Å². The van der Waals surface area contributed by atoms with Gasteiger partial charge in [0.15, 0.2) is 5.82 Å². The Labute approximate surface area is 128 Å². The van der Waals surface area contributed by atoms with Gasteiger partial charge in [-0.1, -0.05) is 39.8 Å². The van der Waals surface area contributed by atoms with Gasteiger partial charge in [-0.05, 0) is 25.3 Å². The minimum absolute atomic E-state index is 0.0579. The fourth-order valence-electron chi connectivity index (χ4n) is 2.76. The lowest BCUT2D eigenvalue weighted by molar-refractivity contribution is 0.190. The van der Waals surface area contributed by atoms with Crippen LogP contribution in [-0.4, -0.2) is 40.7 Å². The van der Waals surface area contributed by atoms with Crippen LogP contribution in [0.2, 0.25) is 0 Å². The van der Waals surface area contributed by atoms with Crippen LogP contribution in [0.5, 0.6) is 0 Å². The maximum absolute atomic E-state index is 5.44. The van der Waals surface area contributed by atoms with Gasteiger partial charge in [0.05, 0.1) is 6.54 Å². The molecular formula is C16H30N4O. The summed E-state index contributed by atoms with van der Waals surface area (Å²) >= 11 is 0. The van der Waals surface area contributed by atoms with Gasteiger partial charge >= 0.3 is 0 Å². The number of rotatable bonds is 6. The molecule has 120 valence electrons. The van der Waals surface area contributed by atoms with Gasteiger partial charge in [0, 0.05) is 24.5 Å². The van der Waals surface area contributed by atoms with Gasteiger partial charge in [0.1, 0.15) is 0 Å². The summed E-state index contributed by atoms with van der Waals surface area (Å²) in [4.78, 5) is 7.00. The number of nitrogens with zero attached hydrogens (tertiary/aromatic N) is 3. The summed E-state index contributed by atoms with van der Waals surface area (Å²) in [6.07, 6.45) is 2.56. The molecule has 5 nitrogen and oxygen atoms in total. The van der Waals surface area contributed by atoms with Crippen LogP contribution in [0.1, 0.15) is 59.2 Å². The molecule has 1 aromatic rings. The van der Waals surface area contributed by atoms with Gasteiger partial charge in [0.2, 0.25) is 5.89 Å². The minimum atomic E-state index is -0.0579. The van der Waals surface area contributed by atoms with E-state index in [0.717, 1.165) is 37.9 Å². The van der Waals surface area contributed by atoms with Crippen molar-refractivity contribution in [2.24, 2.45) is 5.92 Å². The predicted molar refractivity (Wildman–Crippen MR) is 84.1 cm³/mol. The van der Waals surface area contributed by atoms with E-state index in [9.17, 15) is 0 Å². The molecule has 0 spiro atoms. The summed E-state index contributed by atoms with van der Waals surface area (Å²) in [5, 5.41) is 7.69. The molecule has 1 aromatic heterocycles. The monoisotopic (exact) mass is 294 g/mol. The lowest BCUT2D eigenvalue weighted by Crippen LogP contribution is -2.39. The highest BCUT2D eigenvalue weighted by molar-refractivity contribution is 5.00. The molecule has 1 fully saturated rings. The molecule has 1 aliphatic rings. The van der Waals surface area contributed by atoms with Crippen LogP contribution >= 0.6 is 0 Å². The fourth-order valence-corrected chi connectivity index (χ4v) is 2.76. The molecule has 0 aliphatic carbocycles. The topological polar surface area (TPSA) is 54.2 Å². The normalized spacial score (nSPS) is 19.9. The molecule has 0 saturated carbocycles. The van der Waals surface area contributed by atoms with E-state index < -0.39 is 0 Å². The Morgan fingerprint density at radius 2 is 2.14 bits per heavy atom. The number of nitrogens with one attached hydrogen (secondary N) is 1. The summed E-state index contributed by atoms with van der Waals surface area (Å²) < 4.78 is 5.44. The summed E-state index contributed by atoms with van der Waals surface area (Å²) in [6, 6.07) is 0.605. The highest BCUT2D eigenvalue weighted by Crippen LogP contribution is 2.19. The van der Waals surface area contributed by atoms with Crippen molar-refractivity contribution < 1.29 is 4.52 Å². The Morgan fingerprint density at radius 3 is 2.67 bits per heavy atom. The highest BCUT2D eigenvalue weighted by Gasteiger charge is 2.23. The molecular weight excluding hydrogens is 264 g/mol. The second-order valence-electron chi connectivity index (χ2n) is 7.64. The van der Waals surface area contributed by atoms with E-state index in [1.165, 1.54) is 12.8 Å². The molecule has 2 heterocycles. The average Bonchev–Trinajstić information content (AvgIpc) is 2.98. The zero-order valence-electron chi connectivity index (χ0n) is 14.1. The Bertz CT molecular complexity index is 430. The number of hydrogen-bond donors (Lipinski definition) is 1. The molecule has 0 bridgehead atoms. The van der Waals surface area contributed by atoms with E-state index in [1.54, 1.807) is 0 Å². The molecule has 5 heteroatoms. The van der Waals surface area contributed by atoms with E-state index in [2.05, 4.69) is 55.0 Å². The number of hydrogen-bond acceptors (Lipinski definition) is 5. The van der Waals surface area contributed by atoms with Gasteiger partial charge in [0.25, 0.3) is 0 Å². The molecule has 1 saturated heterocycles. The SMILES string of the molecule is CC(C)CN(Cc1nc(C(C)(C)C)no1)CC1CCCN1. The smallest absolute Gasteiger partial charge is 0.240 e. The first-order chi connectivity index (χ1) is 9.84. The van der Waals surface area contributed by atoms with E-state index >= 15 is 0 Å². The minimum Gasteiger partial charge on any atom is -0.338 e. The van der Waals surface area contributed by atoms with Crippen LogP contribution in [0.3, 0.4) is 0 Å². The van der Waals surface area contributed by atoms with Gasteiger partial charge in [-0.15, -0.1) is 0 Å². The summed E-state index contributed by atoms with van der Waals surface area (Å²) in [6.45, 7) is 14.8. The average molecular weight is 294 g/mol. The van der Waals surface area contributed by atoms with Gasteiger partial charge in [-0.25, -0.2) is 0 Å². The summed E-state index contributed by atoms with van der Waals surface area (Å²) in [5.74, 6) is 2.16. The van der Waals surface area contributed by atoms with Gasteiger partial charge in [-0.3, -0.25) is 4.90 Å². The maximum atomic E-state index is 5.44. The first-order valence-electron chi connectivity index (χ1n) is 8.13. The van der Waals surface area contributed by atoms with Crippen molar-refractivity contribution in [1.29, 1.82) is 0 Å². The zero-order valence-corrected chi connectivity index (χ0v) is 14.1. The largest absolute Gasteiger partial charge is 0.338 e. The lowest BCUT2D eigenvalue weighted by Gasteiger charge is -2.25. The summed E-state index contributed by atoms with van der Waals surface area (Å²) in [7, 11) is 0. The first-order valence-corrected chi connectivity index (χ1v) is 8.13. The molecule has 0 amide bonds. The predicted octanol–water partition coefficient (Wildman–Crippen LogP) is 2.58. The molecule has 2 rings (SSSR count). The van der Waals surface area contributed by atoms with Crippen molar-refractivity contribution in [2.75, 3.05) is 19.6 Å². The maximum Gasteiger partial charge on any atom is 0.240 e. The lowest BCUT2D eigenvalue weighted by atomic mass is 9.96. The Hall–Kier alpha value is -0.940. The van der Waals surface area contributed by atoms with Crippen LogP contribution < -0.4 is 5.32 Å². The molecule has 1 unspecified atom stereocenters. The van der Waals surface area contributed by atoms with Crippen LogP contribution in [0.4, 0.5) is 0 Å². The van der Waals surface area contributed by atoms with Crippen molar-refractivity contribution in [1.82, 2.24) is 20.4 Å². The van der Waals surface area contributed by atoms with Crippen LogP contribution in [0, 0.1) is 5.92 Å². The number of aromatic nitrogens is 2. The van der Waals surface area contributed by atoms with Crippen molar-refractivity contribution in [3.05, 3.63) is 11.7 Å². The van der Waals surface area contributed by atoms with Crippen molar-refractivity contribution in [3.8, 4) is 0 Å². The molecule has 21 heavy (non-hydrogen) atoms. The molecule has 1 atom stereocenters. The Morgan fingerprint density at radius 1 is 1.38 bits per heavy atom. The van der Waals surface area contributed by atoms with Crippen molar-refractivity contribution in [3.63, 3.8) is 0 Å². The third-order valence-electron chi connectivity index (χ3n) is 3.76. The van der Waals surface area contributed by atoms with Crippen LogP contribution in [-0.2, 0) is 12.0 Å². The second kappa shape index (κ2) is 6.88. The quantitative estimate of drug-likeness (QED) is 0.874. The Kier molecular flexibility index (Phi) is 5.38. The fraction of sp³-hybridized carbons (Fsp3) is 0.875. The van der Waals surface area contributed by atoms with Crippen LogP contribution in [0.25, 0.3) is 0 Å². The molecule has 0 aromatic carbocycles. The second-order valence-corrected chi connectivity index (χ2v) is 7.64. The zero-order chi connectivity index (χ0) is 15.5. The standard InChI is InChI=1S/C16H30N4O/c1-12(2)9-20(10-13-7-6-8-17-13)11-14-18-15(19-21-14)16(3,4)5/h12-13,17H,6-11H2,1-5H3. The molecule has 1 aliphatic heterocycles. The van der Waals surface area contributed by atoms with Crippen molar-refractivity contribution in [2.45, 2.75) is 65.5 Å². The third kappa shape index (κ3) is 5.08. The first kappa shape index (κ1) is 16.4. The van der Waals surface area contributed by atoms with Crippen LogP contribution in [0.15, 0.2) is 4.52 Å².